The molecule has 0 saturated carbocycles. The van der Waals surface area contributed by atoms with Crippen LogP contribution in [0.25, 0.3) is 0 Å². The van der Waals surface area contributed by atoms with E-state index in [9.17, 15) is 19.2 Å². The van der Waals surface area contributed by atoms with Crippen LogP contribution in [-0.2, 0) is 28.7 Å². The number of rotatable bonds is 12. The molecule has 0 aliphatic rings. The van der Waals surface area contributed by atoms with Crippen LogP contribution in [0.5, 0.6) is 23.0 Å². The van der Waals surface area contributed by atoms with Gasteiger partial charge in [-0.2, -0.15) is 0 Å². The number of benzene rings is 3. The summed E-state index contributed by atoms with van der Waals surface area (Å²) in [5, 5.41) is 0. The molecule has 3 rings (SSSR count). The predicted molar refractivity (Wildman–Crippen MR) is 191 cm³/mol. The minimum atomic E-state index is -0.546. The van der Waals surface area contributed by atoms with Gasteiger partial charge in [0, 0.05) is 24.3 Å². The quantitative estimate of drug-likeness (QED) is 0.0804. The zero-order valence-corrected chi connectivity index (χ0v) is 24.6. The topological polar surface area (TPSA) is 124 Å². The summed E-state index contributed by atoms with van der Waals surface area (Å²) in [5.74, 6) is -0.0209. The van der Waals surface area contributed by atoms with Crippen molar-refractivity contribution in [2.24, 2.45) is 0 Å². The zero-order valence-electron chi connectivity index (χ0n) is 24.6. The third kappa shape index (κ3) is 22.6. The molecule has 0 saturated heterocycles. The maximum atomic E-state index is 10.9. The molecular formula is C38H50O10. The summed E-state index contributed by atoms with van der Waals surface area (Å²) < 4.78 is 29.2. The zero-order chi connectivity index (χ0) is 32.7. The molecule has 0 aliphatic heterocycles. The highest BCUT2D eigenvalue weighted by atomic mass is 16.7. The van der Waals surface area contributed by atoms with E-state index in [0.717, 1.165) is 35.4 Å². The number of carbonyl (C=O) groups excluding carboxylic acids is 4. The highest BCUT2D eigenvalue weighted by Gasteiger charge is 2.02. The Bertz CT molecular complexity index is 1280. The molecule has 3 aromatic carbocycles. The van der Waals surface area contributed by atoms with E-state index in [4.69, 9.17) is 18.9 Å². The van der Waals surface area contributed by atoms with E-state index in [-0.39, 0.29) is 43.3 Å². The van der Waals surface area contributed by atoms with Crippen LogP contribution in [0.3, 0.4) is 0 Å². The van der Waals surface area contributed by atoms with Crippen molar-refractivity contribution in [3.63, 3.8) is 0 Å². The van der Waals surface area contributed by atoms with Gasteiger partial charge in [0.25, 0.3) is 0 Å². The lowest BCUT2D eigenvalue weighted by Gasteiger charge is -2.05. The molecule has 0 N–H and O–H groups in total. The molecule has 0 bridgehead atoms. The third-order valence-corrected chi connectivity index (χ3v) is 4.82. The Morgan fingerprint density at radius 2 is 0.708 bits per heavy atom. The Morgan fingerprint density at radius 3 is 0.958 bits per heavy atom. The highest BCUT2D eigenvalue weighted by Crippen LogP contribution is 2.18. The maximum Gasteiger partial charge on any atom is 0.335 e. The van der Waals surface area contributed by atoms with Gasteiger partial charge in [0.15, 0.2) is 0 Å². The summed E-state index contributed by atoms with van der Waals surface area (Å²) >= 11 is 0. The lowest BCUT2D eigenvalue weighted by molar-refractivity contribution is -0.145. The fourth-order valence-electron chi connectivity index (χ4n) is 2.59. The number of hydrogen-bond donors (Lipinski definition) is 0. The lowest BCUT2D eigenvalue weighted by atomic mass is 10.2. The van der Waals surface area contributed by atoms with Gasteiger partial charge in [0.1, 0.15) is 23.0 Å². The van der Waals surface area contributed by atoms with E-state index < -0.39 is 23.9 Å². The van der Waals surface area contributed by atoms with Crippen molar-refractivity contribution in [3.05, 3.63) is 135 Å². The van der Waals surface area contributed by atoms with Gasteiger partial charge in [0.2, 0.25) is 13.6 Å². The summed E-state index contributed by atoms with van der Waals surface area (Å²) in [4.78, 5) is 43.0. The minimum Gasteiger partial charge on any atom is -0.457 e. The summed E-state index contributed by atoms with van der Waals surface area (Å²) in [7, 11) is 0. The molecule has 48 heavy (non-hydrogen) atoms. The van der Waals surface area contributed by atoms with Crippen LogP contribution in [0.2, 0.25) is 0 Å². The van der Waals surface area contributed by atoms with Crippen molar-refractivity contribution in [3.8, 4) is 23.0 Å². The molecule has 0 amide bonds. The van der Waals surface area contributed by atoms with Crippen LogP contribution in [0.4, 0.5) is 0 Å². The standard InChI is InChI=1S/C12H10O4.2C11H12O3.4CH4/c1-3-11(13)15-9-5-7-10(8-6-9)16-12(14)4-2;2*1-3-11(12)14-8-13-10-6-4-9(2)5-7-10;;;;/h3-8H,1-2H2;2*3-7H,1,8H2,2H3;4*1H4. The second-order valence-corrected chi connectivity index (χ2v) is 8.21. The van der Waals surface area contributed by atoms with Gasteiger partial charge in [-0.15, -0.1) is 0 Å². The van der Waals surface area contributed by atoms with Crippen molar-refractivity contribution < 1.29 is 47.6 Å². The van der Waals surface area contributed by atoms with Crippen LogP contribution in [0.15, 0.2) is 123 Å². The van der Waals surface area contributed by atoms with Crippen molar-refractivity contribution in [2.75, 3.05) is 13.6 Å². The van der Waals surface area contributed by atoms with E-state index in [0.29, 0.717) is 23.0 Å². The lowest BCUT2D eigenvalue weighted by Crippen LogP contribution is -2.07. The van der Waals surface area contributed by atoms with Crippen LogP contribution < -0.4 is 18.9 Å². The first-order chi connectivity index (χ1) is 21.1. The molecule has 0 atom stereocenters. The molecule has 0 fully saturated rings. The van der Waals surface area contributed by atoms with Gasteiger partial charge < -0.3 is 28.4 Å². The predicted octanol–water partition coefficient (Wildman–Crippen LogP) is 8.53. The molecule has 0 heterocycles. The Labute approximate surface area is 285 Å². The normalized spacial score (nSPS) is 8.38. The summed E-state index contributed by atoms with van der Waals surface area (Å²) in [5.41, 5.74) is 2.31. The molecule has 3 aromatic rings. The number of aryl methyl sites for hydroxylation is 2. The Morgan fingerprint density at radius 1 is 0.458 bits per heavy atom. The summed E-state index contributed by atoms with van der Waals surface area (Å²) in [6.07, 6.45) is 4.31. The molecule has 10 heteroatoms. The first kappa shape index (κ1) is 49.0. The maximum absolute atomic E-state index is 10.9. The summed E-state index contributed by atoms with van der Waals surface area (Å²) in [6.45, 7) is 16.9. The molecule has 0 unspecified atom stereocenters. The fraction of sp³-hybridized carbons (Fsp3) is 0.211. The minimum absolute atomic E-state index is 0. The van der Waals surface area contributed by atoms with Gasteiger partial charge in [0.05, 0.1) is 0 Å². The van der Waals surface area contributed by atoms with Crippen molar-refractivity contribution >= 4 is 23.9 Å². The van der Waals surface area contributed by atoms with Gasteiger partial charge in [-0.25, -0.2) is 19.2 Å². The van der Waals surface area contributed by atoms with Gasteiger partial charge in [-0.05, 0) is 62.4 Å². The molecular weight excluding hydrogens is 616 g/mol. The van der Waals surface area contributed by atoms with Crippen LogP contribution in [0, 0.1) is 13.8 Å². The number of hydrogen-bond acceptors (Lipinski definition) is 10. The molecule has 0 spiro atoms. The fourth-order valence-corrected chi connectivity index (χ4v) is 2.59. The SMILES string of the molecule is C.C.C.C.C=CC(=O)OCOc1ccc(C)cc1.C=CC(=O)OCOc1ccc(C)cc1.C=CC(=O)Oc1ccc(OC(=O)C=C)cc1. The number of esters is 4. The third-order valence-electron chi connectivity index (χ3n) is 4.82. The smallest absolute Gasteiger partial charge is 0.335 e. The summed E-state index contributed by atoms with van der Waals surface area (Å²) in [6, 6.07) is 21.0. The van der Waals surface area contributed by atoms with Gasteiger partial charge in [-0.1, -0.05) is 91.4 Å². The van der Waals surface area contributed by atoms with Crippen LogP contribution >= 0.6 is 0 Å². The Hall–Kier alpha value is -5.90. The van der Waals surface area contributed by atoms with Crippen molar-refractivity contribution in [1.82, 2.24) is 0 Å². The second kappa shape index (κ2) is 28.6. The molecule has 262 valence electrons. The van der Waals surface area contributed by atoms with E-state index in [1.807, 2.05) is 62.4 Å². The average Bonchev–Trinajstić information content (AvgIpc) is 3.04. The van der Waals surface area contributed by atoms with Crippen molar-refractivity contribution in [1.29, 1.82) is 0 Å². The van der Waals surface area contributed by atoms with Gasteiger partial charge in [-0.3, -0.25) is 0 Å². The highest BCUT2D eigenvalue weighted by molar-refractivity contribution is 5.84. The monoisotopic (exact) mass is 666 g/mol. The first-order valence-corrected chi connectivity index (χ1v) is 12.9. The van der Waals surface area contributed by atoms with E-state index in [2.05, 4.69) is 35.8 Å². The van der Waals surface area contributed by atoms with Crippen molar-refractivity contribution in [2.45, 2.75) is 43.6 Å². The average molecular weight is 667 g/mol. The van der Waals surface area contributed by atoms with Crippen LogP contribution in [0.1, 0.15) is 40.8 Å². The number of ether oxygens (including phenoxy) is 6. The first-order valence-electron chi connectivity index (χ1n) is 12.9. The second-order valence-electron chi connectivity index (χ2n) is 8.21. The molecule has 0 aromatic heterocycles. The Balaban J connectivity index is -0.000000291. The van der Waals surface area contributed by atoms with Gasteiger partial charge >= 0.3 is 23.9 Å². The van der Waals surface area contributed by atoms with Crippen LogP contribution in [-0.4, -0.2) is 37.5 Å². The number of carbonyl (C=O) groups is 4. The molecule has 10 nitrogen and oxygen atoms in total. The molecule has 0 radical (unpaired) electrons. The largest absolute Gasteiger partial charge is 0.457 e. The van der Waals surface area contributed by atoms with E-state index >= 15 is 0 Å². The Kier molecular flexibility index (Phi) is 29.2. The van der Waals surface area contributed by atoms with E-state index in [1.165, 1.54) is 24.3 Å². The molecule has 0 aliphatic carbocycles. The van der Waals surface area contributed by atoms with E-state index in [1.54, 1.807) is 0 Å².